The molecule has 0 aliphatic rings. The van der Waals surface area contributed by atoms with Crippen molar-refractivity contribution < 1.29 is 22.7 Å². The van der Waals surface area contributed by atoms with Crippen LogP contribution in [0.15, 0.2) is 29.7 Å². The number of nitrogens with one attached hydrogen (secondary N) is 2. The lowest BCUT2D eigenvalue weighted by molar-refractivity contribution is -0.142. The number of methoxy groups -OCH3 is 1. The quantitative estimate of drug-likeness (QED) is 0.751. The van der Waals surface area contributed by atoms with Crippen molar-refractivity contribution in [3.8, 4) is 0 Å². The van der Waals surface area contributed by atoms with Crippen LogP contribution in [0.2, 0.25) is 0 Å². The summed E-state index contributed by atoms with van der Waals surface area (Å²) in [6, 6.07) is 5.56. The van der Waals surface area contributed by atoms with E-state index in [1.54, 1.807) is 6.92 Å². The van der Waals surface area contributed by atoms with Crippen LogP contribution >= 0.6 is 0 Å². The van der Waals surface area contributed by atoms with Crippen molar-refractivity contribution in [2.45, 2.75) is 39.7 Å². The third-order valence-corrected chi connectivity index (χ3v) is 4.64. The molecule has 0 saturated heterocycles. The minimum atomic E-state index is -4.01. The molecule has 0 bridgehead atoms. The number of esters is 1. The molecular weight excluding hydrogens is 344 g/mol. The van der Waals surface area contributed by atoms with Gasteiger partial charge in [0.25, 0.3) is 10.0 Å². The van der Waals surface area contributed by atoms with Crippen molar-refractivity contribution in [2.75, 3.05) is 7.11 Å². The Morgan fingerprint density at radius 3 is 2.16 bits per heavy atom. The smallest absolute Gasteiger partial charge is 0.329 e. The minimum absolute atomic E-state index is 0.379. The minimum Gasteiger partial charge on any atom is -0.467 e. The first-order valence-corrected chi connectivity index (χ1v) is 9.30. The van der Waals surface area contributed by atoms with Crippen LogP contribution in [0.1, 0.15) is 44.7 Å². The van der Waals surface area contributed by atoms with Gasteiger partial charge in [-0.15, -0.1) is 0 Å². The molecule has 1 atom stereocenters. The first-order chi connectivity index (χ1) is 11.6. The zero-order valence-corrected chi connectivity index (χ0v) is 15.8. The highest BCUT2D eigenvalue weighted by molar-refractivity contribution is 7.93. The van der Waals surface area contributed by atoms with Gasteiger partial charge in [-0.1, -0.05) is 38.1 Å². The Balaban J connectivity index is 2.82. The Bertz CT molecular complexity index is 752. The van der Waals surface area contributed by atoms with Gasteiger partial charge in [-0.2, -0.15) is 0 Å². The fraction of sp³-hybridized carbons (Fsp3) is 0.412. The summed E-state index contributed by atoms with van der Waals surface area (Å²) in [5, 5.41) is 3.16. The number of hydrogen-bond acceptors (Lipinski definition) is 5. The largest absolute Gasteiger partial charge is 0.467 e. The Morgan fingerprint density at radius 1 is 1.12 bits per heavy atom. The van der Waals surface area contributed by atoms with Gasteiger partial charge in [-0.3, -0.25) is 0 Å². The standard InChI is InChI=1S/C17H24N2O5S/c1-11(2)14-6-8-15(9-7-14)12(3)10-25(22,23)19-17(21)18-13(4)16(20)24-5/h6-11,13H,1-5H3,(H2,18,19,21). The SMILES string of the molecule is COC(=O)C(C)NC(=O)NS(=O)(=O)C=C(C)c1ccc(C(C)C)cc1. The van der Waals surface area contributed by atoms with Crippen molar-refractivity contribution in [3.05, 3.63) is 40.8 Å². The van der Waals surface area contributed by atoms with Crippen LogP contribution in [0.5, 0.6) is 0 Å². The Kier molecular flexibility index (Phi) is 7.17. The highest BCUT2D eigenvalue weighted by atomic mass is 32.2. The van der Waals surface area contributed by atoms with Crippen LogP contribution in [-0.4, -0.2) is 33.6 Å². The fourth-order valence-electron chi connectivity index (χ4n) is 2.05. The number of carbonyl (C=O) groups is 2. The maximum Gasteiger partial charge on any atom is 0.329 e. The number of carbonyl (C=O) groups excluding carboxylic acids is 2. The molecule has 2 N–H and O–H groups in total. The topological polar surface area (TPSA) is 102 Å². The molecule has 1 unspecified atom stereocenters. The molecule has 0 aliphatic heterocycles. The Hall–Kier alpha value is -2.35. The van der Waals surface area contributed by atoms with Crippen LogP contribution in [0.4, 0.5) is 4.79 Å². The van der Waals surface area contributed by atoms with E-state index < -0.39 is 28.1 Å². The number of hydrogen-bond donors (Lipinski definition) is 2. The lowest BCUT2D eigenvalue weighted by Crippen LogP contribution is -2.46. The predicted molar refractivity (Wildman–Crippen MR) is 96.2 cm³/mol. The van der Waals surface area contributed by atoms with Gasteiger partial charge in [0.15, 0.2) is 0 Å². The van der Waals surface area contributed by atoms with Crippen LogP contribution in [0.3, 0.4) is 0 Å². The molecule has 1 aromatic rings. The molecule has 138 valence electrons. The highest BCUT2D eigenvalue weighted by Crippen LogP contribution is 2.19. The zero-order chi connectivity index (χ0) is 19.2. The molecule has 0 aromatic heterocycles. The van der Waals surface area contributed by atoms with Crippen LogP contribution in [0, 0.1) is 0 Å². The fourth-order valence-corrected chi connectivity index (χ4v) is 3.03. The van der Waals surface area contributed by atoms with Gasteiger partial charge in [0, 0.05) is 0 Å². The van der Waals surface area contributed by atoms with E-state index >= 15 is 0 Å². The third-order valence-electron chi connectivity index (χ3n) is 3.50. The summed E-state index contributed by atoms with van der Waals surface area (Å²) < 4.78 is 30.4. The number of benzene rings is 1. The van der Waals surface area contributed by atoms with E-state index in [-0.39, 0.29) is 0 Å². The molecule has 1 rings (SSSR count). The summed E-state index contributed by atoms with van der Waals surface area (Å²) in [6.45, 7) is 7.16. The second-order valence-electron chi connectivity index (χ2n) is 5.94. The summed E-state index contributed by atoms with van der Waals surface area (Å²) in [5.41, 5.74) is 2.36. The molecule has 0 radical (unpaired) electrons. The molecule has 0 heterocycles. The van der Waals surface area contributed by atoms with Crippen LogP contribution < -0.4 is 10.0 Å². The van der Waals surface area contributed by atoms with E-state index in [0.29, 0.717) is 11.5 Å². The highest BCUT2D eigenvalue weighted by Gasteiger charge is 2.19. The summed E-state index contributed by atoms with van der Waals surface area (Å²) in [5.74, 6) is -0.297. The Morgan fingerprint density at radius 2 is 1.68 bits per heavy atom. The number of sulfonamides is 1. The first-order valence-electron chi connectivity index (χ1n) is 7.75. The predicted octanol–water partition coefficient (Wildman–Crippen LogP) is 2.36. The van der Waals surface area contributed by atoms with E-state index in [1.165, 1.54) is 14.0 Å². The van der Waals surface area contributed by atoms with Gasteiger partial charge >= 0.3 is 12.0 Å². The normalized spacial score (nSPS) is 13.3. The molecule has 0 aliphatic carbocycles. The van der Waals surface area contributed by atoms with Crippen LogP contribution in [0.25, 0.3) is 5.57 Å². The third kappa shape index (κ3) is 6.58. The Labute approximate surface area is 148 Å². The maximum atomic E-state index is 12.1. The van der Waals surface area contributed by atoms with Gasteiger partial charge in [0.2, 0.25) is 0 Å². The summed E-state index contributed by atoms with van der Waals surface area (Å²) in [7, 11) is -2.84. The van der Waals surface area contributed by atoms with Crippen molar-refractivity contribution >= 4 is 27.6 Å². The summed E-state index contributed by atoms with van der Waals surface area (Å²) in [4.78, 5) is 22.9. The summed E-state index contributed by atoms with van der Waals surface area (Å²) >= 11 is 0. The number of amides is 2. The molecule has 7 nitrogen and oxygen atoms in total. The van der Waals surface area contributed by atoms with Gasteiger partial charge < -0.3 is 10.1 Å². The molecule has 0 saturated carbocycles. The first kappa shape index (κ1) is 20.7. The van der Waals surface area contributed by atoms with Gasteiger partial charge in [-0.05, 0) is 36.5 Å². The maximum absolute atomic E-state index is 12.1. The van der Waals surface area contributed by atoms with Crippen molar-refractivity contribution in [2.24, 2.45) is 0 Å². The lowest BCUT2D eigenvalue weighted by Gasteiger charge is -2.12. The molecule has 2 amide bonds. The molecule has 0 fully saturated rings. The molecule has 0 spiro atoms. The molecular formula is C17H24N2O5S. The zero-order valence-electron chi connectivity index (χ0n) is 15.0. The van der Waals surface area contributed by atoms with Crippen LogP contribution in [-0.2, 0) is 19.6 Å². The van der Waals surface area contributed by atoms with E-state index in [1.807, 2.05) is 29.0 Å². The summed E-state index contributed by atoms with van der Waals surface area (Å²) in [6.07, 6.45) is 0. The monoisotopic (exact) mass is 368 g/mol. The molecule has 8 heteroatoms. The van der Waals surface area contributed by atoms with E-state index in [2.05, 4.69) is 23.9 Å². The molecule has 1 aromatic carbocycles. The van der Waals surface area contributed by atoms with E-state index in [0.717, 1.165) is 16.5 Å². The average molecular weight is 368 g/mol. The second kappa shape index (κ2) is 8.66. The van der Waals surface area contributed by atoms with Gasteiger partial charge in [0.1, 0.15) is 6.04 Å². The van der Waals surface area contributed by atoms with E-state index in [4.69, 9.17) is 0 Å². The van der Waals surface area contributed by atoms with Gasteiger partial charge in [-0.25, -0.2) is 22.7 Å². The lowest BCUT2D eigenvalue weighted by atomic mass is 10.00. The van der Waals surface area contributed by atoms with Gasteiger partial charge in [0.05, 0.1) is 12.5 Å². The number of ether oxygens (including phenoxy) is 1. The average Bonchev–Trinajstić information content (AvgIpc) is 2.52. The van der Waals surface area contributed by atoms with Crippen molar-refractivity contribution in [1.82, 2.24) is 10.0 Å². The van der Waals surface area contributed by atoms with Crippen molar-refractivity contribution in [1.29, 1.82) is 0 Å². The number of urea groups is 1. The van der Waals surface area contributed by atoms with Crippen molar-refractivity contribution in [3.63, 3.8) is 0 Å². The van der Waals surface area contributed by atoms with E-state index in [9.17, 15) is 18.0 Å². The number of rotatable bonds is 6. The molecule has 25 heavy (non-hydrogen) atoms. The second-order valence-corrected chi connectivity index (χ2v) is 7.47. The number of allylic oxidation sites excluding steroid dienone is 1.